The van der Waals surface area contributed by atoms with Crippen molar-refractivity contribution in [1.82, 2.24) is 49.0 Å². The van der Waals surface area contributed by atoms with Gasteiger partial charge in [-0.2, -0.15) is 10.2 Å². The first-order chi connectivity index (χ1) is 33.4. The third-order valence-electron chi connectivity index (χ3n) is 10.9. The Morgan fingerprint density at radius 2 is 1.46 bits per heavy atom. The molecule has 0 atom stereocenters. The number of hydrogen-bond acceptors (Lipinski definition) is 14. The molecule has 0 bridgehead atoms. The summed E-state index contributed by atoms with van der Waals surface area (Å²) in [7, 11) is 1.46. The third-order valence-corrected chi connectivity index (χ3v) is 10.9. The number of nitrogens with one attached hydrogen (secondary N) is 2. The van der Waals surface area contributed by atoms with E-state index in [1.807, 2.05) is 48.2 Å². The van der Waals surface area contributed by atoms with Crippen LogP contribution in [0.4, 0.5) is 10.7 Å². The zero-order valence-electron chi connectivity index (χ0n) is 40.4. The fourth-order valence-electron chi connectivity index (χ4n) is 7.90. The fraction of sp³-hybridized carbons (Fsp3) is 0.375. The summed E-state index contributed by atoms with van der Waals surface area (Å²) in [5, 5.41) is 15.8. The Bertz CT molecular complexity index is 3170. The Morgan fingerprint density at radius 3 is 2.14 bits per heavy atom. The number of anilines is 1. The number of allylic oxidation sites excluding steroid dienone is 2. The van der Waals surface area contributed by atoms with Crippen molar-refractivity contribution in [2.45, 2.75) is 93.1 Å². The van der Waals surface area contributed by atoms with Gasteiger partial charge in [-0.15, -0.1) is 0 Å². The molecule has 7 aromatic rings. The third kappa shape index (κ3) is 11.0. The van der Waals surface area contributed by atoms with Crippen LogP contribution in [0, 0.1) is 13.8 Å². The average Bonchev–Trinajstić information content (AvgIpc) is 4.07. The minimum Gasteiger partial charge on any atom is -0.494 e. The van der Waals surface area contributed by atoms with Gasteiger partial charge in [-0.1, -0.05) is 12.2 Å². The molecule has 0 saturated heterocycles. The Balaban J connectivity index is 1.22. The van der Waals surface area contributed by atoms with Crippen molar-refractivity contribution in [3.63, 3.8) is 0 Å². The summed E-state index contributed by atoms with van der Waals surface area (Å²) in [5.41, 5.74) is 15.8. The quantitative estimate of drug-likeness (QED) is 0.0412. The van der Waals surface area contributed by atoms with Crippen LogP contribution >= 0.6 is 0 Å². The van der Waals surface area contributed by atoms with Gasteiger partial charge in [0, 0.05) is 60.8 Å². The fourth-order valence-corrected chi connectivity index (χ4v) is 7.90. The smallest absolute Gasteiger partial charge is 0.407 e. The minimum absolute atomic E-state index is 0.0861. The van der Waals surface area contributed by atoms with Crippen LogP contribution in [-0.4, -0.2) is 106 Å². The van der Waals surface area contributed by atoms with Gasteiger partial charge in [0.1, 0.15) is 46.3 Å². The van der Waals surface area contributed by atoms with Gasteiger partial charge >= 0.3 is 12.1 Å². The number of ether oxygens (including phenoxy) is 4. The molecule has 0 aliphatic rings. The molecule has 6 N–H and O–H groups in total. The Morgan fingerprint density at radius 1 is 0.786 bits per heavy atom. The van der Waals surface area contributed by atoms with Gasteiger partial charge in [0.05, 0.1) is 42.6 Å². The molecule has 368 valence electrons. The van der Waals surface area contributed by atoms with E-state index in [-0.39, 0.29) is 56.3 Å². The number of hydrogen-bond donors (Lipinski definition) is 4. The summed E-state index contributed by atoms with van der Waals surface area (Å²) in [4.78, 5) is 77.8. The van der Waals surface area contributed by atoms with Crippen molar-refractivity contribution in [2.75, 3.05) is 32.2 Å². The second-order valence-electron chi connectivity index (χ2n) is 17.2. The van der Waals surface area contributed by atoms with Gasteiger partial charge in [-0.25, -0.2) is 19.7 Å². The molecule has 0 spiro atoms. The number of nitrogens with zero attached hydrogens (tertiary/aromatic N) is 9. The summed E-state index contributed by atoms with van der Waals surface area (Å²) >= 11 is 0. The molecule has 7 rings (SSSR count). The lowest BCUT2D eigenvalue weighted by molar-refractivity contribution is -0.155. The average molecular weight is 960 g/mol. The van der Waals surface area contributed by atoms with E-state index in [2.05, 4.69) is 20.8 Å². The second-order valence-corrected chi connectivity index (χ2v) is 17.2. The number of methoxy groups -OCH3 is 1. The molecule has 22 heteroatoms. The highest BCUT2D eigenvalue weighted by Gasteiger charge is 2.24. The minimum atomic E-state index is -0.700. The SMILES string of the molecule is CCn1nc(C)cc1C(=O)Nc1nc2cc(C(N)=O)cc(OC)c2n1CC=CCn1c2nc(-c3cc(C)nn3CC)ncc2c2cc(C(N)=O)cc(OCCCNC(=O)OCCC(=O)OC(C)(C)C)c21. The first-order valence-electron chi connectivity index (χ1n) is 22.7. The highest BCUT2D eigenvalue weighted by Crippen LogP contribution is 2.37. The van der Waals surface area contributed by atoms with Crippen LogP contribution in [0.15, 0.2) is 54.7 Å². The van der Waals surface area contributed by atoms with Gasteiger partial charge in [-0.05, 0) is 91.3 Å². The largest absolute Gasteiger partial charge is 0.494 e. The first kappa shape index (κ1) is 49.6. The number of fused-ring (bicyclic) bond motifs is 4. The maximum absolute atomic E-state index is 13.8. The maximum atomic E-state index is 13.8. The predicted molar refractivity (Wildman–Crippen MR) is 260 cm³/mol. The summed E-state index contributed by atoms with van der Waals surface area (Å²) < 4.78 is 29.6. The van der Waals surface area contributed by atoms with E-state index < -0.39 is 35.4 Å². The van der Waals surface area contributed by atoms with Crippen LogP contribution in [0.2, 0.25) is 0 Å². The van der Waals surface area contributed by atoms with E-state index in [4.69, 9.17) is 45.4 Å². The molecule has 70 heavy (non-hydrogen) atoms. The van der Waals surface area contributed by atoms with E-state index >= 15 is 0 Å². The van der Waals surface area contributed by atoms with Crippen LogP contribution in [0.5, 0.6) is 11.5 Å². The first-order valence-corrected chi connectivity index (χ1v) is 22.7. The highest BCUT2D eigenvalue weighted by molar-refractivity contribution is 6.12. The van der Waals surface area contributed by atoms with E-state index in [0.29, 0.717) is 86.9 Å². The zero-order chi connectivity index (χ0) is 50.4. The normalized spacial score (nSPS) is 11.7. The lowest BCUT2D eigenvalue weighted by Crippen LogP contribution is -2.28. The maximum Gasteiger partial charge on any atom is 0.407 e. The zero-order valence-corrected chi connectivity index (χ0v) is 40.4. The van der Waals surface area contributed by atoms with Crippen molar-refractivity contribution in [3.05, 3.63) is 83.0 Å². The summed E-state index contributed by atoms with van der Waals surface area (Å²) in [5.74, 6) is -1.02. The summed E-state index contributed by atoms with van der Waals surface area (Å²) in [6.45, 7) is 14.4. The number of primary amides is 2. The second kappa shape index (κ2) is 20.9. The lowest BCUT2D eigenvalue weighted by atomic mass is 10.1. The molecule has 0 aliphatic heterocycles. The van der Waals surface area contributed by atoms with Crippen LogP contribution in [0.1, 0.15) is 90.1 Å². The molecule has 2 aromatic carbocycles. The van der Waals surface area contributed by atoms with Gasteiger partial charge in [0.15, 0.2) is 5.82 Å². The standard InChI is InChI=1S/C48H57N13O9/c1-9-60-34(20-27(3)56-60)43-52-26-32-31-22-29(41(49)63)25-37(68-18-13-15-51-47(66)69-19-14-38(62)70-48(5,6)7)39(31)58(44(32)54-43)16-11-12-17-59-40-33(23-30(42(50)64)24-36(40)67-8)53-46(59)55-45(65)35-21-28(4)57-61(35)10-2/h11-12,20-26H,9-10,13-19H2,1-8H3,(H2,49,63)(H2,50,64)(H,51,66)(H,53,55,65). The summed E-state index contributed by atoms with van der Waals surface area (Å²) in [6.07, 6.45) is 5.04. The monoisotopic (exact) mass is 959 g/mol. The molecule has 5 aromatic heterocycles. The predicted octanol–water partition coefficient (Wildman–Crippen LogP) is 5.59. The molecular formula is C48H57N13O9. The number of esters is 1. The number of imidazole rings is 1. The van der Waals surface area contributed by atoms with Gasteiger partial charge < -0.3 is 44.9 Å². The number of nitrogens with two attached hydrogens (primary N) is 2. The van der Waals surface area contributed by atoms with E-state index in [1.54, 1.807) is 61.3 Å². The molecule has 0 fully saturated rings. The lowest BCUT2D eigenvalue weighted by Gasteiger charge is -2.19. The molecule has 0 aliphatic carbocycles. The van der Waals surface area contributed by atoms with Crippen molar-refractivity contribution >= 4 is 68.7 Å². The summed E-state index contributed by atoms with van der Waals surface area (Å²) in [6, 6.07) is 9.90. The molecule has 5 heterocycles. The number of aromatic nitrogens is 9. The highest BCUT2D eigenvalue weighted by atomic mass is 16.6. The number of rotatable bonds is 20. The Hall–Kier alpha value is -8.30. The number of carbonyl (C=O) groups is 5. The van der Waals surface area contributed by atoms with Crippen molar-refractivity contribution in [2.24, 2.45) is 11.5 Å². The van der Waals surface area contributed by atoms with Crippen LogP contribution in [-0.2, 0) is 40.4 Å². The number of benzene rings is 2. The number of amides is 4. The number of aryl methyl sites for hydroxylation is 4. The number of carbonyl (C=O) groups excluding carboxylic acids is 5. The van der Waals surface area contributed by atoms with E-state index in [0.717, 1.165) is 5.69 Å². The molecule has 0 saturated carbocycles. The van der Waals surface area contributed by atoms with E-state index in [9.17, 15) is 24.0 Å². The van der Waals surface area contributed by atoms with Crippen molar-refractivity contribution in [3.8, 4) is 23.0 Å². The molecule has 0 unspecified atom stereocenters. The van der Waals surface area contributed by atoms with Crippen LogP contribution < -0.4 is 31.6 Å². The molecular weight excluding hydrogens is 903 g/mol. The van der Waals surface area contributed by atoms with Gasteiger partial charge in [-0.3, -0.25) is 33.9 Å². The Labute approximate surface area is 402 Å². The van der Waals surface area contributed by atoms with Crippen LogP contribution in [0.25, 0.3) is 44.5 Å². The van der Waals surface area contributed by atoms with Crippen LogP contribution in [0.3, 0.4) is 0 Å². The number of alkyl carbamates (subject to hydrolysis) is 1. The molecule has 0 radical (unpaired) electrons. The van der Waals surface area contributed by atoms with Gasteiger partial charge in [0.2, 0.25) is 17.8 Å². The topological polar surface area (TPSA) is 283 Å². The van der Waals surface area contributed by atoms with Crippen molar-refractivity contribution in [1.29, 1.82) is 0 Å². The van der Waals surface area contributed by atoms with Crippen molar-refractivity contribution < 1.29 is 42.9 Å². The molecule has 22 nitrogen and oxygen atoms in total. The van der Waals surface area contributed by atoms with E-state index in [1.165, 1.54) is 19.2 Å². The Kier molecular flexibility index (Phi) is 14.8. The molecule has 4 amide bonds. The van der Waals surface area contributed by atoms with Gasteiger partial charge in [0.25, 0.3) is 5.91 Å².